The second-order valence-corrected chi connectivity index (χ2v) is 21.2. The SMILES string of the molecule is O=C1NC[C@H]2[C@@H](c3ccc(Cl)cc3)[C@H](c3ccc(Cl)cc3Cl)CC[C@@H]12.[C-]#[N+]c1ccc(CBr)cc1.[C-]#[N+]c1ccc(CN2C[C@H]3[C@@H](c4ccc(Cl)cc4)[C@H](c4ccc(Cl)cc4Cl)CC[C@H]3C2=O)cc1.[H-].[Na+]. The molecule has 6 aromatic carbocycles. The van der Waals surface area contributed by atoms with Gasteiger partial charge >= 0.3 is 29.6 Å². The largest absolute Gasteiger partial charge is 1.00 e. The first-order chi connectivity index (χ1) is 33.3. The van der Waals surface area contributed by atoms with Gasteiger partial charge in [-0.3, -0.25) is 9.59 Å². The van der Waals surface area contributed by atoms with Gasteiger partial charge in [0.15, 0.2) is 11.4 Å². The molecule has 2 aliphatic carbocycles. The number of carbonyl (C=O) groups is 2. The molecule has 4 fully saturated rings. The number of hydrogen-bond acceptors (Lipinski definition) is 2. The van der Waals surface area contributed by atoms with Crippen LogP contribution >= 0.6 is 85.5 Å². The molecule has 0 unspecified atom stereocenters. The maximum Gasteiger partial charge on any atom is 1.00 e. The number of carbonyl (C=O) groups excluding carboxylic acids is 2. The normalized spacial score (nSPS) is 23.1. The minimum atomic E-state index is -0.00878. The Hall–Kier alpha value is -3.54. The Morgan fingerprint density at radius 3 is 1.44 bits per heavy atom. The second-order valence-electron chi connectivity index (χ2n) is 18.0. The first-order valence-electron chi connectivity index (χ1n) is 22.8. The summed E-state index contributed by atoms with van der Waals surface area (Å²) in [6.45, 7) is 15.8. The molecule has 354 valence electrons. The van der Waals surface area contributed by atoms with Gasteiger partial charge < -0.3 is 11.6 Å². The van der Waals surface area contributed by atoms with Gasteiger partial charge in [0, 0.05) is 66.9 Å². The molecule has 14 heteroatoms. The molecule has 6 nitrogen and oxygen atoms in total. The molecule has 0 radical (unpaired) electrons. The maximum absolute atomic E-state index is 13.5. The van der Waals surface area contributed by atoms with Crippen LogP contribution in [0.2, 0.25) is 30.1 Å². The van der Waals surface area contributed by atoms with Crippen molar-refractivity contribution >= 4 is 109 Å². The van der Waals surface area contributed by atoms with Crippen LogP contribution in [0.5, 0.6) is 0 Å². The number of fused-ring (bicyclic) bond motifs is 2. The van der Waals surface area contributed by atoms with Gasteiger partial charge in [0.1, 0.15) is 0 Å². The molecule has 2 amide bonds. The number of alkyl halides is 1. The van der Waals surface area contributed by atoms with Crippen molar-refractivity contribution in [3.05, 3.63) is 220 Å². The van der Waals surface area contributed by atoms with Crippen molar-refractivity contribution in [2.24, 2.45) is 23.7 Å². The van der Waals surface area contributed by atoms with Crippen molar-refractivity contribution in [1.82, 2.24) is 10.2 Å². The Balaban J connectivity index is 0.000000195. The van der Waals surface area contributed by atoms with Crippen molar-refractivity contribution in [1.29, 1.82) is 0 Å². The van der Waals surface area contributed by atoms with E-state index in [1.165, 1.54) is 16.7 Å². The van der Waals surface area contributed by atoms with E-state index in [9.17, 15) is 9.59 Å². The fourth-order valence-electron chi connectivity index (χ4n) is 11.0. The van der Waals surface area contributed by atoms with E-state index in [4.69, 9.17) is 82.7 Å². The number of halogens is 7. The van der Waals surface area contributed by atoms with Crippen LogP contribution in [0.1, 0.15) is 84.2 Å². The molecule has 0 aromatic heterocycles. The van der Waals surface area contributed by atoms with Gasteiger partial charge in [0.05, 0.1) is 13.1 Å². The molecular formula is C56H48BrCl6N4NaO2. The smallest absolute Gasteiger partial charge is 1.00 e. The number of nitrogens with zero attached hydrogens (tertiary/aromatic N) is 3. The zero-order chi connectivity index (χ0) is 48.8. The quantitative estimate of drug-likeness (QED) is 0.0984. The molecule has 2 heterocycles. The van der Waals surface area contributed by atoms with Crippen LogP contribution in [0.3, 0.4) is 0 Å². The molecule has 2 saturated carbocycles. The fraction of sp³-hybridized carbons (Fsp3) is 0.286. The van der Waals surface area contributed by atoms with Gasteiger partial charge in [-0.25, -0.2) is 9.69 Å². The summed E-state index contributed by atoms with van der Waals surface area (Å²) < 4.78 is 0. The summed E-state index contributed by atoms with van der Waals surface area (Å²) in [5, 5.41) is 7.96. The molecule has 0 bridgehead atoms. The van der Waals surface area contributed by atoms with Crippen molar-refractivity contribution in [2.45, 2.75) is 61.2 Å². The van der Waals surface area contributed by atoms with Crippen molar-refractivity contribution in [2.75, 3.05) is 13.1 Å². The first-order valence-corrected chi connectivity index (χ1v) is 26.2. The third kappa shape index (κ3) is 12.6. The summed E-state index contributed by atoms with van der Waals surface area (Å²) in [6, 6.07) is 42.5. The molecule has 1 N–H and O–H groups in total. The number of hydrogen-bond donors (Lipinski definition) is 1. The van der Waals surface area contributed by atoms with Crippen molar-refractivity contribution in [3.63, 3.8) is 0 Å². The first kappa shape index (κ1) is 54.2. The van der Waals surface area contributed by atoms with Crippen LogP contribution in [0, 0.1) is 36.8 Å². The summed E-state index contributed by atoms with van der Waals surface area (Å²) in [7, 11) is 0. The number of amides is 2. The zero-order valence-electron chi connectivity index (χ0n) is 39.3. The standard InChI is InChI=1S/C28H23Cl3N2O.C20H18Cl3NO.C8H6BrN.Na.H/c1-32-21-9-2-17(3-10-21)15-33-16-25-24(28(33)34)13-12-23(22-11-8-20(30)14-26(22)31)27(25)18-4-6-19(29)7-5-18;21-12-3-1-11(2-4-12)19-15(14-6-5-13(22)9-18(14)23)7-8-16-17(19)10-24-20(16)25;1-10-8-4-2-7(6-9)3-5-8;;/h2-11,14,23-25,27H,12-13,15-16H2;1-6,9,15-17,19H,7-8,10H2,(H,24,25);2-5H,6H2;;/q;;;+1;-1/t23-,24+,25+,27-;15-,16+,17+,19-;;;/m00.../s1. The van der Waals surface area contributed by atoms with E-state index in [2.05, 4.69) is 55.2 Å². The van der Waals surface area contributed by atoms with Gasteiger partial charge in [-0.15, -0.1) is 0 Å². The van der Waals surface area contributed by atoms with Gasteiger partial charge in [0.25, 0.3) is 0 Å². The second kappa shape index (κ2) is 24.9. The number of nitrogens with one attached hydrogen (secondary N) is 1. The third-order valence-electron chi connectivity index (χ3n) is 14.2. The molecule has 4 aliphatic rings. The summed E-state index contributed by atoms with van der Waals surface area (Å²) in [6.07, 6.45) is 3.55. The Morgan fingerprint density at radius 1 is 0.557 bits per heavy atom. The molecule has 70 heavy (non-hydrogen) atoms. The monoisotopic (exact) mass is 1120 g/mol. The molecule has 10 rings (SSSR count). The average molecular weight is 1120 g/mol. The molecule has 8 atom stereocenters. The molecule has 2 saturated heterocycles. The molecule has 6 aromatic rings. The third-order valence-corrected chi connectivity index (χ3v) is 16.5. The molecule has 0 spiro atoms. The van der Waals surface area contributed by atoms with E-state index in [0.29, 0.717) is 49.6 Å². The maximum atomic E-state index is 13.5. The fourth-order valence-corrected chi connectivity index (χ4v) is 12.7. The Morgan fingerprint density at radius 2 is 0.986 bits per heavy atom. The van der Waals surface area contributed by atoms with Gasteiger partial charge in [-0.2, -0.15) is 0 Å². The number of benzene rings is 6. The average Bonchev–Trinajstić information content (AvgIpc) is 3.90. The van der Waals surface area contributed by atoms with Gasteiger partial charge in [0.2, 0.25) is 11.8 Å². The minimum Gasteiger partial charge on any atom is -1.00 e. The Labute approximate surface area is 472 Å². The van der Waals surface area contributed by atoms with E-state index < -0.39 is 0 Å². The van der Waals surface area contributed by atoms with Gasteiger partial charge in [-0.05, 0) is 143 Å². The number of likely N-dealkylation sites (tertiary alicyclic amines) is 1. The predicted molar refractivity (Wildman–Crippen MR) is 287 cm³/mol. The van der Waals surface area contributed by atoms with Crippen LogP contribution in [-0.4, -0.2) is 29.8 Å². The van der Waals surface area contributed by atoms with E-state index in [0.717, 1.165) is 59.3 Å². The topological polar surface area (TPSA) is 58.1 Å². The van der Waals surface area contributed by atoms with Crippen LogP contribution in [-0.2, 0) is 21.5 Å². The molecule has 2 aliphatic heterocycles. The van der Waals surface area contributed by atoms with Crippen molar-refractivity contribution in [3.8, 4) is 0 Å². The van der Waals surface area contributed by atoms with Crippen LogP contribution in [0.4, 0.5) is 11.4 Å². The summed E-state index contributed by atoms with van der Waals surface area (Å²) in [4.78, 5) is 34.4. The predicted octanol–water partition coefficient (Wildman–Crippen LogP) is 14.1. The van der Waals surface area contributed by atoms with E-state index in [-0.39, 0.29) is 90.1 Å². The molecular weight excluding hydrogens is 1080 g/mol. The summed E-state index contributed by atoms with van der Waals surface area (Å²) in [5.41, 5.74) is 8.15. The van der Waals surface area contributed by atoms with Crippen LogP contribution < -0.4 is 34.9 Å². The minimum absolute atomic E-state index is 0. The van der Waals surface area contributed by atoms with Crippen LogP contribution in [0.25, 0.3) is 9.69 Å². The van der Waals surface area contributed by atoms with Gasteiger partial charge in [-0.1, -0.05) is 170 Å². The van der Waals surface area contributed by atoms with Crippen molar-refractivity contribution < 1.29 is 40.6 Å². The van der Waals surface area contributed by atoms with Crippen LogP contribution in [0.15, 0.2) is 133 Å². The van der Waals surface area contributed by atoms with E-state index in [1.54, 1.807) is 0 Å². The summed E-state index contributed by atoms with van der Waals surface area (Å²) >= 11 is 41.1. The Kier molecular flexibility index (Phi) is 19.3. The summed E-state index contributed by atoms with van der Waals surface area (Å²) in [5.74, 6) is 1.78. The van der Waals surface area contributed by atoms with E-state index >= 15 is 0 Å². The Bertz CT molecular complexity index is 2880. The number of rotatable bonds is 7. The van der Waals surface area contributed by atoms with E-state index in [1.807, 2.05) is 114 Å². The zero-order valence-corrected chi connectivity index (χ0v) is 46.4.